The Morgan fingerprint density at radius 2 is 1.12 bits per heavy atom. The summed E-state index contributed by atoms with van der Waals surface area (Å²) in [5.41, 5.74) is 6.03. The average molecular weight is 930 g/mol. The molecule has 0 aliphatic rings. The summed E-state index contributed by atoms with van der Waals surface area (Å²) in [6.45, 7) is 11.7. The van der Waals surface area contributed by atoms with Crippen LogP contribution < -0.4 is 16.0 Å². The number of nitrogens with one attached hydrogen (secondary N) is 3. The van der Waals surface area contributed by atoms with Gasteiger partial charge in [0.25, 0.3) is 11.8 Å². The van der Waals surface area contributed by atoms with Crippen molar-refractivity contribution in [2.45, 2.75) is 52.9 Å². The molecular weight excluding hydrogens is 889 g/mol. The van der Waals surface area contributed by atoms with Crippen LogP contribution in [0.3, 0.4) is 0 Å². The summed E-state index contributed by atoms with van der Waals surface area (Å²) in [6, 6.07) is 18.3. The minimum absolute atomic E-state index is 0.130. The third-order valence-electron chi connectivity index (χ3n) is 10.6. The Bertz CT molecular complexity index is 3230. The molecule has 6 aromatic heterocycles. The number of carbonyl (C=O) groups is 2. The van der Waals surface area contributed by atoms with E-state index < -0.39 is 35.6 Å². The summed E-state index contributed by atoms with van der Waals surface area (Å²) < 4.78 is 77.7. The van der Waals surface area contributed by atoms with Crippen LogP contribution >= 0.6 is 0 Å². The quantitative estimate of drug-likeness (QED) is 0.111. The molecule has 0 radical (unpaired) electrons. The van der Waals surface area contributed by atoms with Crippen molar-refractivity contribution in [1.29, 1.82) is 0 Å². The molecule has 68 heavy (non-hydrogen) atoms. The number of carbonyl (C=O) groups excluding carboxylic acids is 2. The SMILES string of the molecule is C=Cc1nc2nc(NC)ncc2cc1-c1cc(NC(=O)c2ccnc(C(F)(F)F)c2)ccc1C.CCc1ncc2cc(-c3cc(NC(=O)c4ccnc(C(F)(F)F)c4)ccc3C)c(CC)nc2n1. The van der Waals surface area contributed by atoms with E-state index in [0.29, 0.717) is 58.6 Å². The van der Waals surface area contributed by atoms with Gasteiger partial charge in [0.1, 0.15) is 17.2 Å². The molecule has 6 heterocycles. The van der Waals surface area contributed by atoms with E-state index in [1.165, 1.54) is 12.1 Å². The molecule has 19 heteroatoms. The van der Waals surface area contributed by atoms with E-state index in [9.17, 15) is 35.9 Å². The number of nitrogens with zero attached hydrogens (tertiary/aromatic N) is 8. The van der Waals surface area contributed by atoms with Crippen molar-refractivity contribution in [3.63, 3.8) is 0 Å². The molecule has 3 N–H and O–H groups in total. The zero-order valence-corrected chi connectivity index (χ0v) is 37.1. The van der Waals surface area contributed by atoms with Crippen molar-refractivity contribution in [3.8, 4) is 22.3 Å². The van der Waals surface area contributed by atoms with E-state index in [1.807, 2.05) is 45.9 Å². The van der Waals surface area contributed by atoms with E-state index in [1.54, 1.807) is 55.8 Å². The number of alkyl halides is 6. The summed E-state index contributed by atoms with van der Waals surface area (Å²) in [7, 11) is 1.71. The second-order valence-electron chi connectivity index (χ2n) is 15.2. The molecule has 0 atom stereocenters. The standard InChI is InChI=1S/C25H22F3N5O.C24H19F3N6O/c1-4-20-19(10-16-13-30-22(5-2)33-23(16)32-20)18-12-17(7-6-14(18)3)31-24(34)15-8-9-29-21(11-15)25(26,27)28;1-4-19-18(9-15-12-30-23(28-3)33-21(15)32-19)17-11-16(6-5-13(17)2)31-22(34)14-7-8-29-20(10-14)24(25,26)27/h6-13H,4-5H2,1-3H3,(H,31,34);4-12H,1H2,2-3H3,(H,31,34)(H,28,30,32,33). The van der Waals surface area contributed by atoms with Gasteiger partial charge in [-0.15, -0.1) is 0 Å². The van der Waals surface area contributed by atoms with Gasteiger partial charge in [0, 0.05) is 82.7 Å². The lowest BCUT2D eigenvalue weighted by Crippen LogP contribution is -2.15. The number of halogens is 6. The monoisotopic (exact) mass is 929 g/mol. The predicted molar refractivity (Wildman–Crippen MR) is 248 cm³/mol. The second kappa shape index (κ2) is 19.7. The van der Waals surface area contributed by atoms with Crippen LogP contribution in [-0.4, -0.2) is 58.7 Å². The molecule has 8 rings (SSSR count). The topological polar surface area (TPSA) is 173 Å². The number of hydrogen-bond acceptors (Lipinski definition) is 11. The molecule has 2 aromatic carbocycles. The molecule has 346 valence electrons. The number of aryl methyl sites for hydroxylation is 4. The highest BCUT2D eigenvalue weighted by molar-refractivity contribution is 6.05. The van der Waals surface area contributed by atoms with Crippen LogP contribution in [0.5, 0.6) is 0 Å². The Morgan fingerprint density at radius 1 is 0.603 bits per heavy atom. The largest absolute Gasteiger partial charge is 0.433 e. The molecule has 0 saturated heterocycles. The molecule has 0 saturated carbocycles. The first-order valence-electron chi connectivity index (χ1n) is 20.9. The van der Waals surface area contributed by atoms with Crippen molar-refractivity contribution in [1.82, 2.24) is 39.9 Å². The summed E-state index contributed by atoms with van der Waals surface area (Å²) >= 11 is 0. The fourth-order valence-electron chi connectivity index (χ4n) is 7.02. The summed E-state index contributed by atoms with van der Waals surface area (Å²) in [5, 5.41) is 9.72. The molecule has 0 spiro atoms. The minimum atomic E-state index is -4.64. The fraction of sp³-hybridized carbons (Fsp3) is 0.184. The highest BCUT2D eigenvalue weighted by Crippen LogP contribution is 2.34. The van der Waals surface area contributed by atoms with Crippen LogP contribution in [0.1, 0.15) is 74.3 Å². The average Bonchev–Trinajstić information content (AvgIpc) is 3.33. The van der Waals surface area contributed by atoms with Crippen LogP contribution in [0.2, 0.25) is 0 Å². The first-order chi connectivity index (χ1) is 32.4. The van der Waals surface area contributed by atoms with Gasteiger partial charge < -0.3 is 16.0 Å². The van der Waals surface area contributed by atoms with E-state index >= 15 is 0 Å². The highest BCUT2D eigenvalue weighted by atomic mass is 19.4. The summed E-state index contributed by atoms with van der Waals surface area (Å²) in [5.74, 6) is -0.180. The zero-order chi connectivity index (χ0) is 48.9. The third-order valence-corrected chi connectivity index (χ3v) is 10.6. The lowest BCUT2D eigenvalue weighted by molar-refractivity contribution is -0.142. The van der Waals surface area contributed by atoms with Gasteiger partial charge in [0.05, 0.1) is 11.4 Å². The van der Waals surface area contributed by atoms with Crippen LogP contribution in [-0.2, 0) is 25.2 Å². The summed E-state index contributed by atoms with van der Waals surface area (Å²) in [6.07, 6.45) is -0.955. The van der Waals surface area contributed by atoms with Crippen LogP contribution in [0, 0.1) is 13.8 Å². The van der Waals surface area contributed by atoms with Crippen molar-refractivity contribution in [2.75, 3.05) is 23.0 Å². The predicted octanol–water partition coefficient (Wildman–Crippen LogP) is 11.1. The first-order valence-corrected chi connectivity index (χ1v) is 20.9. The maximum absolute atomic E-state index is 13.0. The summed E-state index contributed by atoms with van der Waals surface area (Å²) in [4.78, 5) is 58.6. The number of anilines is 3. The van der Waals surface area contributed by atoms with Crippen molar-refractivity contribution >= 4 is 57.3 Å². The lowest BCUT2D eigenvalue weighted by Gasteiger charge is -2.14. The minimum Gasteiger partial charge on any atom is -0.357 e. The number of benzene rings is 2. The van der Waals surface area contributed by atoms with Crippen molar-refractivity contribution in [2.24, 2.45) is 0 Å². The molecule has 0 fully saturated rings. The molecule has 0 unspecified atom stereocenters. The lowest BCUT2D eigenvalue weighted by atomic mass is 9.96. The number of rotatable bonds is 10. The number of pyridine rings is 4. The van der Waals surface area contributed by atoms with Crippen molar-refractivity contribution in [3.05, 3.63) is 155 Å². The number of amides is 2. The van der Waals surface area contributed by atoms with E-state index in [4.69, 9.17) is 4.98 Å². The molecule has 0 aliphatic carbocycles. The second-order valence-corrected chi connectivity index (χ2v) is 15.2. The fourth-order valence-corrected chi connectivity index (χ4v) is 7.02. The third kappa shape index (κ3) is 10.7. The van der Waals surface area contributed by atoms with Crippen LogP contribution in [0.15, 0.2) is 104 Å². The van der Waals surface area contributed by atoms with Gasteiger partial charge in [0.2, 0.25) is 5.95 Å². The number of hydrogen-bond donors (Lipinski definition) is 3. The van der Waals surface area contributed by atoms with Gasteiger partial charge in [-0.05, 0) is 109 Å². The molecule has 8 aromatic rings. The Hall–Kier alpha value is -8.22. The molecule has 0 bridgehead atoms. The van der Waals surface area contributed by atoms with Crippen LogP contribution in [0.4, 0.5) is 43.7 Å². The van der Waals surface area contributed by atoms with Gasteiger partial charge >= 0.3 is 12.4 Å². The molecule has 0 aliphatic heterocycles. The van der Waals surface area contributed by atoms with Crippen LogP contribution in [0.25, 0.3) is 50.4 Å². The van der Waals surface area contributed by atoms with E-state index in [-0.39, 0.29) is 11.1 Å². The maximum Gasteiger partial charge on any atom is 0.433 e. The normalized spacial score (nSPS) is 11.5. The molecular formula is C49H41F6N11O2. The number of fused-ring (bicyclic) bond motifs is 2. The van der Waals surface area contributed by atoms with E-state index in [0.717, 1.165) is 68.7 Å². The first kappa shape index (κ1) is 47.7. The Labute approximate surface area is 385 Å². The smallest absolute Gasteiger partial charge is 0.357 e. The Kier molecular flexibility index (Phi) is 13.8. The highest BCUT2D eigenvalue weighted by Gasteiger charge is 2.34. The van der Waals surface area contributed by atoms with Gasteiger partial charge in [0.15, 0.2) is 11.3 Å². The maximum atomic E-state index is 13.0. The molecule has 13 nitrogen and oxygen atoms in total. The number of aromatic nitrogens is 8. The Morgan fingerprint density at radius 3 is 1.62 bits per heavy atom. The van der Waals surface area contributed by atoms with Crippen molar-refractivity contribution < 1.29 is 35.9 Å². The Balaban J connectivity index is 0.000000201. The van der Waals surface area contributed by atoms with Gasteiger partial charge in [-0.25, -0.2) is 24.9 Å². The van der Waals surface area contributed by atoms with Gasteiger partial charge in [-0.2, -0.15) is 31.3 Å². The van der Waals surface area contributed by atoms with E-state index in [2.05, 4.69) is 57.4 Å². The van der Waals surface area contributed by atoms with Gasteiger partial charge in [-0.3, -0.25) is 19.6 Å². The molecule has 2 amide bonds. The van der Waals surface area contributed by atoms with Gasteiger partial charge in [-0.1, -0.05) is 32.6 Å². The zero-order valence-electron chi connectivity index (χ0n) is 37.1.